The lowest BCUT2D eigenvalue weighted by molar-refractivity contribution is 0.108. The zero-order valence-electron chi connectivity index (χ0n) is 38.8. The van der Waals surface area contributed by atoms with Crippen LogP contribution in [0.3, 0.4) is 0 Å². The molecule has 19 nitrogen and oxygen atoms in total. The minimum Gasteiger partial charge on any atom is -0.508 e. The summed E-state index contributed by atoms with van der Waals surface area (Å²) in [5.41, 5.74) is 4.97. The number of carbonyl (C=O) groups is 2. The molecule has 2 aromatic heterocycles. The van der Waals surface area contributed by atoms with Gasteiger partial charge in [0.1, 0.15) is 29.6 Å². The molecule has 5 aromatic carbocycles. The maximum atomic E-state index is 13.1. The van der Waals surface area contributed by atoms with Gasteiger partial charge in [0.15, 0.2) is 23.1 Å². The number of aromatic hydroxyl groups is 2. The third-order valence-corrected chi connectivity index (χ3v) is 11.7. The Morgan fingerprint density at radius 2 is 1.45 bits per heavy atom. The monoisotopic (exact) mass is 941 g/mol. The molecule has 8 rings (SSSR count). The van der Waals surface area contributed by atoms with Crippen LogP contribution in [-0.2, 0) is 17.9 Å². The van der Waals surface area contributed by atoms with E-state index in [0.29, 0.717) is 112 Å². The number of H-pyrrole nitrogens is 1. The summed E-state index contributed by atoms with van der Waals surface area (Å²) < 4.78 is 40.3. The molecule has 0 radical (unpaired) electrons. The number of rotatable bonds is 15. The van der Waals surface area contributed by atoms with Gasteiger partial charge >= 0.3 is 17.9 Å². The molecule has 1 saturated heterocycles. The van der Waals surface area contributed by atoms with E-state index < -0.39 is 17.9 Å². The van der Waals surface area contributed by atoms with Gasteiger partial charge in [-0.1, -0.05) is 49.3 Å². The average Bonchev–Trinajstić information content (AvgIpc) is 4.01. The zero-order chi connectivity index (χ0) is 48.8. The summed E-state index contributed by atoms with van der Waals surface area (Å²) in [6, 6.07) is 25.8. The third kappa shape index (κ3) is 10.3. The van der Waals surface area contributed by atoms with Crippen LogP contribution in [0.15, 0.2) is 107 Å². The second kappa shape index (κ2) is 20.6. The molecule has 19 heteroatoms. The minimum atomic E-state index is -0.721. The number of anilines is 1. The van der Waals surface area contributed by atoms with E-state index in [1.54, 1.807) is 65.7 Å². The fourth-order valence-corrected chi connectivity index (χ4v) is 8.00. The van der Waals surface area contributed by atoms with Gasteiger partial charge in [0, 0.05) is 49.9 Å². The molecular formula is C50H51N7O12. The third-order valence-electron chi connectivity index (χ3n) is 11.7. The molecule has 1 aliphatic heterocycles. The Balaban J connectivity index is 0.818. The minimum absolute atomic E-state index is 0.0248. The van der Waals surface area contributed by atoms with Gasteiger partial charge in [-0.3, -0.25) is 10.2 Å². The molecule has 69 heavy (non-hydrogen) atoms. The number of aromatic amines is 1. The van der Waals surface area contributed by atoms with Crippen molar-refractivity contribution in [3.63, 3.8) is 0 Å². The van der Waals surface area contributed by atoms with Crippen molar-refractivity contribution >= 4 is 17.9 Å². The summed E-state index contributed by atoms with van der Waals surface area (Å²) in [4.78, 5) is 42.9. The molecule has 0 unspecified atom stereocenters. The molecule has 4 N–H and O–H groups in total. The van der Waals surface area contributed by atoms with Crippen LogP contribution in [0.2, 0.25) is 0 Å². The van der Waals surface area contributed by atoms with Crippen LogP contribution in [0.25, 0.3) is 39.5 Å². The number of ether oxygens (including phenoxy) is 6. The van der Waals surface area contributed by atoms with E-state index in [0.717, 1.165) is 5.56 Å². The van der Waals surface area contributed by atoms with E-state index in [-0.39, 0.29) is 29.8 Å². The van der Waals surface area contributed by atoms with Gasteiger partial charge in [-0.25, -0.2) is 24.0 Å². The number of hydrogen-bond donors (Lipinski definition) is 4. The quantitative estimate of drug-likeness (QED) is 0.0760. The van der Waals surface area contributed by atoms with E-state index in [2.05, 4.69) is 25.6 Å². The van der Waals surface area contributed by atoms with Crippen molar-refractivity contribution in [1.82, 2.24) is 29.7 Å². The molecule has 0 bridgehead atoms. The molecule has 0 aliphatic carbocycles. The molecule has 358 valence electrons. The van der Waals surface area contributed by atoms with Crippen LogP contribution in [0.5, 0.6) is 40.2 Å². The van der Waals surface area contributed by atoms with Crippen LogP contribution in [0.4, 0.5) is 15.3 Å². The summed E-state index contributed by atoms with van der Waals surface area (Å²) >= 11 is 0. The van der Waals surface area contributed by atoms with E-state index in [1.807, 2.05) is 44.2 Å². The lowest BCUT2D eigenvalue weighted by Gasteiger charge is -2.34. The first-order valence-electron chi connectivity index (χ1n) is 21.9. The Hall–Kier alpha value is -8.45. The number of hydrogen-bond acceptors (Lipinski definition) is 15. The van der Waals surface area contributed by atoms with Crippen molar-refractivity contribution in [2.24, 2.45) is 0 Å². The summed E-state index contributed by atoms with van der Waals surface area (Å²) in [5, 5.41) is 34.4. The van der Waals surface area contributed by atoms with Crippen LogP contribution < -0.4 is 34.7 Å². The molecule has 1 fully saturated rings. The maximum absolute atomic E-state index is 13.1. The van der Waals surface area contributed by atoms with Gasteiger partial charge in [0.25, 0.3) is 0 Å². The number of amides is 2. The van der Waals surface area contributed by atoms with Gasteiger partial charge in [0.05, 0.1) is 51.6 Å². The van der Waals surface area contributed by atoms with E-state index >= 15 is 0 Å². The lowest BCUT2D eigenvalue weighted by atomic mass is 9.98. The number of benzene rings is 5. The largest absolute Gasteiger partial charge is 0.508 e. The van der Waals surface area contributed by atoms with Crippen LogP contribution >= 0.6 is 0 Å². The van der Waals surface area contributed by atoms with Crippen molar-refractivity contribution in [3.8, 4) is 79.8 Å². The Bertz CT molecular complexity index is 2980. The summed E-state index contributed by atoms with van der Waals surface area (Å²) in [6.45, 7) is 6.55. The van der Waals surface area contributed by atoms with Gasteiger partial charge in [0.2, 0.25) is 5.75 Å². The average molecular weight is 942 g/mol. The number of piperazine rings is 1. The Morgan fingerprint density at radius 3 is 2.10 bits per heavy atom. The molecule has 2 amide bonds. The number of nitrogens with zero attached hydrogens (tertiary/aromatic N) is 5. The van der Waals surface area contributed by atoms with Crippen molar-refractivity contribution in [2.45, 2.75) is 32.9 Å². The molecule has 0 spiro atoms. The predicted molar refractivity (Wildman–Crippen MR) is 254 cm³/mol. The SMILES string of the molecule is COc1ccc(-c2cnoc2-c2cc(OC)c(OC)c(OC)c2)cc1NC(=O)OCc1ccc(OC(=O)N2CCN(Cc3ccc(-n4c(-c5cc(C(C)C)c(O)cc5O)n[nH]c4=O)cc3)CC2)cc1. The first-order chi connectivity index (χ1) is 33.4. The highest BCUT2D eigenvalue weighted by atomic mass is 16.6. The zero-order valence-corrected chi connectivity index (χ0v) is 38.8. The van der Waals surface area contributed by atoms with Crippen LogP contribution in [0.1, 0.15) is 36.5 Å². The standard InChI is InChI=1S/C50H51N7O12/c1-29(2)36-24-37(41(59)25-40(36)58)47-53-54-48(60)57(47)34-12-7-30(8-13-34)27-55-17-19-56(20-18-55)50(62)68-35-14-9-31(10-15-35)28-67-49(61)52-39-21-32(11-16-42(39)63-3)38-26-51-69-45(38)33-22-43(64-4)46(66-6)44(23-33)65-5/h7-16,21-26,29,58-59H,17-20,27-28H2,1-6H3,(H,52,61)(H,54,60). The van der Waals surface area contributed by atoms with Gasteiger partial charge < -0.3 is 48.1 Å². The fraction of sp³-hybridized carbons (Fsp3) is 0.260. The Morgan fingerprint density at radius 1 is 0.768 bits per heavy atom. The van der Waals surface area contributed by atoms with Gasteiger partial charge in [-0.15, -0.1) is 0 Å². The molecule has 0 atom stereocenters. The maximum Gasteiger partial charge on any atom is 0.415 e. The molecule has 1 aliphatic rings. The first-order valence-corrected chi connectivity index (χ1v) is 21.9. The number of methoxy groups -OCH3 is 4. The second-order valence-electron chi connectivity index (χ2n) is 16.3. The number of carbonyl (C=O) groups excluding carboxylic acids is 2. The summed E-state index contributed by atoms with van der Waals surface area (Å²) in [5.74, 6) is 2.45. The van der Waals surface area contributed by atoms with Gasteiger partial charge in [-0.05, 0) is 82.8 Å². The molecule has 3 heterocycles. The molecule has 0 saturated carbocycles. The van der Waals surface area contributed by atoms with Crippen molar-refractivity contribution in [1.29, 1.82) is 0 Å². The topological polar surface area (TPSA) is 225 Å². The highest BCUT2D eigenvalue weighted by Gasteiger charge is 2.25. The van der Waals surface area contributed by atoms with Crippen molar-refractivity contribution in [2.75, 3.05) is 59.9 Å². The smallest absolute Gasteiger partial charge is 0.415 e. The van der Waals surface area contributed by atoms with E-state index in [9.17, 15) is 24.6 Å². The summed E-state index contributed by atoms with van der Waals surface area (Å²) in [7, 11) is 6.06. The van der Waals surface area contributed by atoms with Crippen molar-refractivity contribution < 1.29 is 52.7 Å². The lowest BCUT2D eigenvalue weighted by Crippen LogP contribution is -2.49. The van der Waals surface area contributed by atoms with Gasteiger partial charge in [-0.2, -0.15) is 5.10 Å². The Kier molecular flexibility index (Phi) is 14.0. The number of nitrogens with one attached hydrogen (secondary N) is 2. The Labute approximate surface area is 396 Å². The van der Waals surface area contributed by atoms with Crippen LogP contribution in [0, 0.1) is 0 Å². The number of phenolic OH excluding ortho intramolecular Hbond substituents is 2. The predicted octanol–water partition coefficient (Wildman–Crippen LogP) is 8.18. The normalized spacial score (nSPS) is 12.7. The second-order valence-corrected chi connectivity index (χ2v) is 16.3. The van der Waals surface area contributed by atoms with Crippen LogP contribution in [-0.4, -0.2) is 107 Å². The highest BCUT2D eigenvalue weighted by molar-refractivity contribution is 5.90. The fourth-order valence-electron chi connectivity index (χ4n) is 8.00. The summed E-state index contributed by atoms with van der Waals surface area (Å²) in [6.07, 6.45) is 0.374. The van der Waals surface area contributed by atoms with Crippen molar-refractivity contribution in [3.05, 3.63) is 124 Å². The molecular weight excluding hydrogens is 891 g/mol. The van der Waals surface area contributed by atoms with E-state index in [4.69, 9.17) is 32.9 Å². The first kappa shape index (κ1) is 47.1. The molecule has 7 aromatic rings. The number of aromatic nitrogens is 4. The number of phenols is 2. The van der Waals surface area contributed by atoms with E-state index in [1.165, 1.54) is 39.1 Å². The highest BCUT2D eigenvalue weighted by Crippen LogP contribution is 2.44.